The molecule has 0 bridgehead atoms. The van der Waals surface area contributed by atoms with Crippen molar-refractivity contribution >= 4 is 17.5 Å². The van der Waals surface area contributed by atoms with E-state index in [1.165, 1.54) is 6.26 Å². The van der Waals surface area contributed by atoms with Crippen LogP contribution in [0.25, 0.3) is 11.5 Å². The summed E-state index contributed by atoms with van der Waals surface area (Å²) in [6.07, 6.45) is 2.26. The second kappa shape index (κ2) is 5.74. The summed E-state index contributed by atoms with van der Waals surface area (Å²) in [4.78, 5) is 16.6. The number of halogens is 1. The summed E-state index contributed by atoms with van der Waals surface area (Å²) in [5, 5.41) is 6.91. The van der Waals surface area contributed by atoms with Crippen molar-refractivity contribution < 1.29 is 9.21 Å². The van der Waals surface area contributed by atoms with Crippen molar-refractivity contribution in [2.24, 2.45) is 0 Å². The quantitative estimate of drug-likeness (QED) is 0.913. The number of nitrogens with one attached hydrogen (secondary N) is 2. The Labute approximate surface area is 134 Å². The van der Waals surface area contributed by atoms with Gasteiger partial charge >= 0.3 is 0 Å². The van der Waals surface area contributed by atoms with Crippen LogP contribution in [0.5, 0.6) is 0 Å². The second-order valence-corrected chi connectivity index (χ2v) is 6.39. The van der Waals surface area contributed by atoms with Crippen LogP contribution in [0.15, 0.2) is 34.9 Å². The molecule has 1 atom stereocenters. The van der Waals surface area contributed by atoms with Gasteiger partial charge in [-0.1, -0.05) is 23.7 Å². The van der Waals surface area contributed by atoms with Crippen LogP contribution in [0.2, 0.25) is 5.02 Å². The van der Waals surface area contributed by atoms with Crippen molar-refractivity contribution in [3.63, 3.8) is 0 Å². The van der Waals surface area contributed by atoms with E-state index in [-0.39, 0.29) is 23.2 Å². The first kappa shape index (κ1) is 15.1. The van der Waals surface area contributed by atoms with Crippen molar-refractivity contribution in [1.29, 1.82) is 0 Å². The van der Waals surface area contributed by atoms with E-state index in [4.69, 9.17) is 16.0 Å². The number of nitrogens with zero attached hydrogens (tertiary/aromatic N) is 1. The summed E-state index contributed by atoms with van der Waals surface area (Å²) in [5.74, 6) is 0.114. The molecular weight excluding hydrogens is 302 g/mol. The van der Waals surface area contributed by atoms with Crippen LogP contribution in [-0.2, 0) is 0 Å². The van der Waals surface area contributed by atoms with E-state index < -0.39 is 0 Å². The van der Waals surface area contributed by atoms with Crippen LogP contribution in [0.3, 0.4) is 0 Å². The molecule has 0 spiro atoms. The number of amides is 1. The standard InChI is InChI=1S/C16H18ClN3O2/c1-16(2)13(7-8-18-16)20-14(21)12-9-22-15(19-12)10-5-3-4-6-11(10)17/h3-6,9,13,18H,7-8H2,1-2H3,(H,20,21). The molecule has 1 aliphatic heterocycles. The lowest BCUT2D eigenvalue weighted by atomic mass is 9.97. The molecule has 116 valence electrons. The highest BCUT2D eigenvalue weighted by atomic mass is 35.5. The number of rotatable bonds is 3. The van der Waals surface area contributed by atoms with Gasteiger partial charge in [-0.25, -0.2) is 4.98 Å². The minimum Gasteiger partial charge on any atom is -0.444 e. The predicted octanol–water partition coefficient (Wildman–Crippen LogP) is 2.87. The molecule has 1 aromatic heterocycles. The van der Waals surface area contributed by atoms with Gasteiger partial charge in [0.25, 0.3) is 5.91 Å². The Kier molecular flexibility index (Phi) is 3.93. The van der Waals surface area contributed by atoms with Crippen molar-refractivity contribution in [3.05, 3.63) is 41.2 Å². The number of hydrogen-bond acceptors (Lipinski definition) is 4. The van der Waals surface area contributed by atoms with Gasteiger partial charge in [0.15, 0.2) is 5.69 Å². The summed E-state index contributed by atoms with van der Waals surface area (Å²) in [7, 11) is 0. The summed E-state index contributed by atoms with van der Waals surface area (Å²) >= 11 is 6.11. The second-order valence-electron chi connectivity index (χ2n) is 5.98. The summed E-state index contributed by atoms with van der Waals surface area (Å²) in [6, 6.07) is 7.31. The first-order chi connectivity index (χ1) is 10.5. The molecule has 0 aliphatic carbocycles. The van der Waals surface area contributed by atoms with E-state index in [1.54, 1.807) is 12.1 Å². The van der Waals surface area contributed by atoms with Gasteiger partial charge in [-0.15, -0.1) is 0 Å². The SMILES string of the molecule is CC1(C)NCCC1NC(=O)c1coc(-c2ccccc2Cl)n1. The molecule has 0 saturated carbocycles. The lowest BCUT2D eigenvalue weighted by Gasteiger charge is -2.27. The fourth-order valence-electron chi connectivity index (χ4n) is 2.64. The lowest BCUT2D eigenvalue weighted by molar-refractivity contribution is 0.0918. The third-order valence-electron chi connectivity index (χ3n) is 4.03. The van der Waals surface area contributed by atoms with Gasteiger partial charge in [-0.05, 0) is 38.9 Å². The summed E-state index contributed by atoms with van der Waals surface area (Å²) in [5.41, 5.74) is 0.814. The normalized spacial score (nSPS) is 20.0. The maximum Gasteiger partial charge on any atom is 0.273 e. The number of carbonyl (C=O) groups excluding carboxylic acids is 1. The number of hydrogen-bond donors (Lipinski definition) is 2. The van der Waals surface area contributed by atoms with Crippen LogP contribution < -0.4 is 10.6 Å². The molecular formula is C16H18ClN3O2. The van der Waals surface area contributed by atoms with Crippen LogP contribution in [0.1, 0.15) is 30.8 Å². The van der Waals surface area contributed by atoms with Crippen LogP contribution >= 0.6 is 11.6 Å². The Balaban J connectivity index is 1.77. The smallest absolute Gasteiger partial charge is 0.273 e. The Bertz CT molecular complexity index is 696. The van der Waals surface area contributed by atoms with Gasteiger partial charge in [0.2, 0.25) is 5.89 Å². The zero-order chi connectivity index (χ0) is 15.7. The fraction of sp³-hybridized carbons (Fsp3) is 0.375. The van der Waals surface area contributed by atoms with Crippen LogP contribution in [-0.4, -0.2) is 29.0 Å². The molecule has 1 saturated heterocycles. The Morgan fingerprint density at radius 1 is 1.45 bits per heavy atom. The highest BCUT2D eigenvalue weighted by Gasteiger charge is 2.35. The van der Waals surface area contributed by atoms with E-state index in [9.17, 15) is 4.79 Å². The number of benzene rings is 1. The van der Waals surface area contributed by atoms with Crippen molar-refractivity contribution in [1.82, 2.24) is 15.6 Å². The largest absolute Gasteiger partial charge is 0.444 e. The molecule has 1 fully saturated rings. The number of oxazole rings is 1. The molecule has 1 unspecified atom stereocenters. The third-order valence-corrected chi connectivity index (χ3v) is 4.36. The zero-order valence-corrected chi connectivity index (χ0v) is 13.3. The molecule has 2 N–H and O–H groups in total. The molecule has 0 radical (unpaired) electrons. The van der Waals surface area contributed by atoms with Crippen LogP contribution in [0, 0.1) is 0 Å². The van der Waals surface area contributed by atoms with Crippen molar-refractivity contribution in [3.8, 4) is 11.5 Å². The highest BCUT2D eigenvalue weighted by molar-refractivity contribution is 6.33. The molecule has 1 aromatic carbocycles. The highest BCUT2D eigenvalue weighted by Crippen LogP contribution is 2.27. The van der Waals surface area contributed by atoms with Crippen LogP contribution in [0.4, 0.5) is 0 Å². The number of aromatic nitrogens is 1. The van der Waals surface area contributed by atoms with Gasteiger partial charge < -0.3 is 15.1 Å². The monoisotopic (exact) mass is 319 g/mol. The number of carbonyl (C=O) groups is 1. The summed E-state index contributed by atoms with van der Waals surface area (Å²) in [6.45, 7) is 5.04. The van der Waals surface area contributed by atoms with E-state index in [2.05, 4.69) is 29.5 Å². The molecule has 6 heteroatoms. The Morgan fingerprint density at radius 3 is 2.91 bits per heavy atom. The molecule has 5 nitrogen and oxygen atoms in total. The van der Waals surface area contributed by atoms with Gasteiger partial charge in [0.05, 0.1) is 10.6 Å². The minimum absolute atomic E-state index is 0.0699. The maximum atomic E-state index is 12.3. The minimum atomic E-state index is -0.233. The van der Waals surface area contributed by atoms with Crippen molar-refractivity contribution in [2.45, 2.75) is 31.8 Å². The topological polar surface area (TPSA) is 67.2 Å². The molecule has 2 aromatic rings. The average molecular weight is 320 g/mol. The third kappa shape index (κ3) is 2.87. The van der Waals surface area contributed by atoms with Gasteiger partial charge in [-0.2, -0.15) is 0 Å². The first-order valence-corrected chi connectivity index (χ1v) is 7.61. The van der Waals surface area contributed by atoms with E-state index >= 15 is 0 Å². The molecule has 1 aliphatic rings. The molecule has 2 heterocycles. The summed E-state index contributed by atoms with van der Waals surface area (Å²) < 4.78 is 5.40. The first-order valence-electron chi connectivity index (χ1n) is 7.24. The van der Waals surface area contributed by atoms with Crippen molar-refractivity contribution in [2.75, 3.05) is 6.54 Å². The zero-order valence-electron chi connectivity index (χ0n) is 12.5. The van der Waals surface area contributed by atoms with E-state index in [0.29, 0.717) is 16.5 Å². The Morgan fingerprint density at radius 2 is 2.23 bits per heavy atom. The van der Waals surface area contributed by atoms with Gasteiger partial charge in [-0.3, -0.25) is 4.79 Å². The van der Waals surface area contributed by atoms with E-state index in [0.717, 1.165) is 13.0 Å². The maximum absolute atomic E-state index is 12.3. The predicted molar refractivity (Wildman–Crippen MR) is 84.9 cm³/mol. The fourth-order valence-corrected chi connectivity index (χ4v) is 2.86. The molecule has 1 amide bonds. The molecule has 3 rings (SSSR count). The van der Waals surface area contributed by atoms with E-state index in [1.807, 2.05) is 12.1 Å². The Hall–Kier alpha value is -1.85. The lowest BCUT2D eigenvalue weighted by Crippen LogP contribution is -2.50. The van der Waals surface area contributed by atoms with Gasteiger partial charge in [0.1, 0.15) is 6.26 Å². The molecule has 22 heavy (non-hydrogen) atoms. The average Bonchev–Trinajstić information content (AvgIpc) is 3.07. The van der Waals surface area contributed by atoms with Gasteiger partial charge in [0, 0.05) is 11.6 Å².